The highest BCUT2D eigenvalue weighted by Gasteiger charge is 2.53. The molecule has 1 aromatic rings. The van der Waals surface area contributed by atoms with Crippen LogP contribution in [0.2, 0.25) is 0 Å². The van der Waals surface area contributed by atoms with Gasteiger partial charge in [0.1, 0.15) is 0 Å². The average Bonchev–Trinajstić information content (AvgIpc) is 2.42. The first-order valence-corrected chi connectivity index (χ1v) is 7.20. The Balaban J connectivity index is 1.95. The fraction of sp³-hybridized carbons (Fsp3) is 0.471. The largest absolute Gasteiger partial charge is 0.302 e. The number of hydrogen-bond donors (Lipinski definition) is 0. The SMILES string of the molecule is CN1CC[C@@]23CC(=O)C=C[C@H]2[C@@H]1Cc1ccccc13. The van der Waals surface area contributed by atoms with Gasteiger partial charge in [-0.25, -0.2) is 0 Å². The van der Waals surface area contributed by atoms with Crippen LogP contribution in [0, 0.1) is 5.92 Å². The second kappa shape index (κ2) is 3.80. The fourth-order valence-electron chi connectivity index (χ4n) is 4.55. The minimum Gasteiger partial charge on any atom is -0.302 e. The first kappa shape index (κ1) is 11.4. The van der Waals surface area contributed by atoms with E-state index in [1.165, 1.54) is 11.1 Å². The van der Waals surface area contributed by atoms with E-state index in [0.717, 1.165) is 19.4 Å². The number of carbonyl (C=O) groups is 1. The molecule has 0 saturated carbocycles. The van der Waals surface area contributed by atoms with E-state index in [-0.39, 0.29) is 5.41 Å². The summed E-state index contributed by atoms with van der Waals surface area (Å²) < 4.78 is 0. The minimum absolute atomic E-state index is 0.0812. The third kappa shape index (κ3) is 1.44. The number of likely N-dealkylation sites (tertiary alicyclic amines) is 1. The van der Waals surface area contributed by atoms with Crippen molar-refractivity contribution in [2.75, 3.05) is 13.6 Å². The Bertz CT molecular complexity index is 576. The number of allylic oxidation sites excluding steroid dienone is 1. The van der Waals surface area contributed by atoms with Crippen molar-refractivity contribution < 1.29 is 4.79 Å². The molecule has 0 amide bonds. The molecule has 2 bridgehead atoms. The zero-order valence-corrected chi connectivity index (χ0v) is 11.3. The van der Waals surface area contributed by atoms with E-state index in [9.17, 15) is 4.79 Å². The van der Waals surface area contributed by atoms with Gasteiger partial charge in [0.2, 0.25) is 0 Å². The predicted molar refractivity (Wildman–Crippen MR) is 75.1 cm³/mol. The van der Waals surface area contributed by atoms with Crippen LogP contribution >= 0.6 is 0 Å². The summed E-state index contributed by atoms with van der Waals surface area (Å²) >= 11 is 0. The topological polar surface area (TPSA) is 20.3 Å². The Labute approximate surface area is 114 Å². The molecule has 98 valence electrons. The molecule has 1 heterocycles. The molecule has 1 saturated heterocycles. The molecule has 0 aromatic heterocycles. The third-order valence-corrected chi connectivity index (χ3v) is 5.49. The van der Waals surface area contributed by atoms with E-state index < -0.39 is 0 Å². The highest BCUT2D eigenvalue weighted by Crippen LogP contribution is 2.52. The van der Waals surface area contributed by atoms with Crippen molar-refractivity contribution >= 4 is 5.78 Å². The fourth-order valence-corrected chi connectivity index (χ4v) is 4.55. The number of carbonyl (C=O) groups excluding carboxylic acids is 1. The second-order valence-electron chi connectivity index (χ2n) is 6.34. The molecule has 0 unspecified atom stereocenters. The van der Waals surface area contributed by atoms with Gasteiger partial charge < -0.3 is 4.90 Å². The summed E-state index contributed by atoms with van der Waals surface area (Å²) in [5.74, 6) is 0.815. The number of nitrogens with zero attached hydrogens (tertiary/aromatic N) is 1. The number of ketones is 1. The summed E-state index contributed by atoms with van der Waals surface area (Å²) in [5, 5.41) is 0. The number of likely N-dealkylation sites (N-methyl/N-ethyl adjacent to an activating group) is 1. The molecule has 0 radical (unpaired) electrons. The van der Waals surface area contributed by atoms with Gasteiger partial charge in [-0.3, -0.25) is 4.79 Å². The first-order valence-electron chi connectivity index (χ1n) is 7.20. The minimum atomic E-state index is 0.0812. The predicted octanol–water partition coefficient (Wildman–Crippen LogP) is 2.33. The quantitative estimate of drug-likeness (QED) is 0.707. The lowest BCUT2D eigenvalue weighted by Gasteiger charge is -2.56. The molecule has 0 spiro atoms. The lowest BCUT2D eigenvalue weighted by molar-refractivity contribution is -0.118. The maximum atomic E-state index is 12.0. The third-order valence-electron chi connectivity index (χ3n) is 5.49. The summed E-state index contributed by atoms with van der Waals surface area (Å²) in [5.41, 5.74) is 2.98. The summed E-state index contributed by atoms with van der Waals surface area (Å²) in [6, 6.07) is 9.34. The molecule has 0 N–H and O–H groups in total. The maximum absolute atomic E-state index is 12.0. The molecule has 2 aliphatic carbocycles. The molecule has 2 heteroatoms. The van der Waals surface area contributed by atoms with Crippen LogP contribution in [0.5, 0.6) is 0 Å². The summed E-state index contributed by atoms with van der Waals surface area (Å²) in [4.78, 5) is 14.5. The van der Waals surface area contributed by atoms with E-state index >= 15 is 0 Å². The summed E-state index contributed by atoms with van der Waals surface area (Å²) in [7, 11) is 2.23. The van der Waals surface area contributed by atoms with Gasteiger partial charge in [0.05, 0.1) is 0 Å². The number of benzene rings is 1. The van der Waals surface area contributed by atoms with Crippen molar-refractivity contribution in [1.29, 1.82) is 0 Å². The molecule has 2 nitrogen and oxygen atoms in total. The van der Waals surface area contributed by atoms with Crippen molar-refractivity contribution in [3.05, 3.63) is 47.5 Å². The molecule has 3 aliphatic rings. The van der Waals surface area contributed by atoms with Crippen molar-refractivity contribution in [2.45, 2.75) is 30.7 Å². The molecule has 1 aromatic carbocycles. The zero-order chi connectivity index (χ0) is 13.0. The van der Waals surface area contributed by atoms with Gasteiger partial charge in [0.25, 0.3) is 0 Å². The zero-order valence-electron chi connectivity index (χ0n) is 11.3. The van der Waals surface area contributed by atoms with Crippen LogP contribution < -0.4 is 0 Å². The van der Waals surface area contributed by atoms with Gasteiger partial charge in [-0.15, -0.1) is 0 Å². The maximum Gasteiger partial charge on any atom is 0.156 e. The first-order chi connectivity index (χ1) is 9.21. The van der Waals surface area contributed by atoms with Crippen LogP contribution in [-0.4, -0.2) is 30.3 Å². The Kier molecular flexibility index (Phi) is 2.28. The Hall–Kier alpha value is -1.41. The van der Waals surface area contributed by atoms with Crippen molar-refractivity contribution in [2.24, 2.45) is 5.92 Å². The van der Waals surface area contributed by atoms with E-state index in [1.807, 2.05) is 6.08 Å². The standard InChI is InChI=1S/C17H19NO/c1-18-9-8-17-11-13(19)6-7-15(17)16(18)10-12-4-2-3-5-14(12)17/h2-7,15-16H,8-11H2,1H3/t15-,16-,17-/m0/s1. The van der Waals surface area contributed by atoms with Gasteiger partial charge in [-0.2, -0.15) is 0 Å². The molecule has 3 atom stereocenters. The van der Waals surface area contributed by atoms with Gasteiger partial charge in [-0.05, 0) is 43.6 Å². The van der Waals surface area contributed by atoms with Crippen LogP contribution in [-0.2, 0) is 16.6 Å². The Morgan fingerprint density at radius 2 is 2.16 bits per heavy atom. The summed E-state index contributed by atoms with van der Waals surface area (Å²) in [6.45, 7) is 1.11. The molecule has 4 rings (SSSR count). The molecular formula is C17H19NO. The number of piperidine rings is 1. The highest BCUT2D eigenvalue weighted by molar-refractivity contribution is 5.92. The number of hydrogen-bond acceptors (Lipinski definition) is 2. The van der Waals surface area contributed by atoms with E-state index in [4.69, 9.17) is 0 Å². The average molecular weight is 253 g/mol. The van der Waals surface area contributed by atoms with Crippen molar-refractivity contribution in [3.8, 4) is 0 Å². The second-order valence-corrected chi connectivity index (χ2v) is 6.34. The van der Waals surface area contributed by atoms with Crippen LogP contribution in [0.4, 0.5) is 0 Å². The summed E-state index contributed by atoms with van der Waals surface area (Å²) in [6.07, 6.45) is 6.95. The highest BCUT2D eigenvalue weighted by atomic mass is 16.1. The molecule has 1 aliphatic heterocycles. The van der Waals surface area contributed by atoms with Gasteiger partial charge in [-0.1, -0.05) is 30.3 Å². The van der Waals surface area contributed by atoms with Crippen molar-refractivity contribution in [1.82, 2.24) is 4.90 Å². The smallest absolute Gasteiger partial charge is 0.156 e. The number of rotatable bonds is 0. The van der Waals surface area contributed by atoms with E-state index in [1.54, 1.807) is 0 Å². The normalized spacial score (nSPS) is 36.8. The van der Waals surface area contributed by atoms with Gasteiger partial charge in [0, 0.05) is 23.8 Å². The lowest BCUT2D eigenvalue weighted by Crippen LogP contribution is -2.59. The van der Waals surface area contributed by atoms with E-state index in [2.05, 4.69) is 42.3 Å². The molecule has 1 fully saturated rings. The van der Waals surface area contributed by atoms with E-state index in [0.29, 0.717) is 24.2 Å². The monoisotopic (exact) mass is 253 g/mol. The van der Waals surface area contributed by atoms with Crippen molar-refractivity contribution in [3.63, 3.8) is 0 Å². The molecular weight excluding hydrogens is 234 g/mol. The van der Waals surface area contributed by atoms with Crippen LogP contribution in [0.1, 0.15) is 24.0 Å². The van der Waals surface area contributed by atoms with Gasteiger partial charge >= 0.3 is 0 Å². The van der Waals surface area contributed by atoms with Crippen LogP contribution in [0.25, 0.3) is 0 Å². The Morgan fingerprint density at radius 3 is 3.05 bits per heavy atom. The van der Waals surface area contributed by atoms with Crippen LogP contribution in [0.15, 0.2) is 36.4 Å². The Morgan fingerprint density at radius 1 is 1.32 bits per heavy atom. The van der Waals surface area contributed by atoms with Gasteiger partial charge in [0.15, 0.2) is 5.78 Å². The lowest BCUT2D eigenvalue weighted by atomic mass is 9.54. The van der Waals surface area contributed by atoms with Crippen LogP contribution in [0.3, 0.4) is 0 Å². The molecule has 19 heavy (non-hydrogen) atoms. The number of fused-ring (bicyclic) bond motifs is 1.